The molecule has 0 saturated carbocycles. The summed E-state index contributed by atoms with van der Waals surface area (Å²) in [5.41, 5.74) is 12.2. The van der Waals surface area contributed by atoms with Gasteiger partial charge in [0, 0.05) is 0 Å². The van der Waals surface area contributed by atoms with Gasteiger partial charge in [-0.2, -0.15) is 4.99 Å². The molecule has 1 aliphatic rings. The van der Waals surface area contributed by atoms with Crippen LogP contribution in [0.15, 0.2) is 4.99 Å². The number of amidine groups is 1. The van der Waals surface area contributed by atoms with Gasteiger partial charge in [0.1, 0.15) is 0 Å². The minimum atomic E-state index is -3.75. The Balaban J connectivity index is 3.18. The molecule has 0 bridgehead atoms. The molecule has 0 aromatic carbocycles. The molecule has 0 saturated heterocycles. The summed E-state index contributed by atoms with van der Waals surface area (Å²) < 4.78 is 0. The minimum absolute atomic E-state index is 0.554. The number of hydrogen-bond acceptors (Lipinski definition) is 11. The van der Waals surface area contributed by atoms with Crippen molar-refractivity contribution in [2.24, 2.45) is 16.5 Å². The molecule has 1 atom stereocenters. The topological polar surface area (TPSA) is 215 Å². The molecule has 1 aliphatic heterocycles. The van der Waals surface area contributed by atoms with Gasteiger partial charge in [0.15, 0.2) is 14.8 Å². The first kappa shape index (κ1) is 13.5. The van der Waals surface area contributed by atoms with E-state index in [-0.39, 0.29) is 0 Å². The lowest BCUT2D eigenvalue weighted by molar-refractivity contribution is -0.971. The Hall–Kier alpha value is -2.61. The van der Waals surface area contributed by atoms with E-state index in [1.54, 1.807) is 0 Å². The van der Waals surface area contributed by atoms with Gasteiger partial charge in [-0.15, -0.1) is 5.48 Å². The Bertz CT molecular complexity index is 411. The molecule has 1 rings (SSSR count). The lowest BCUT2D eigenvalue weighted by Gasteiger charge is -2.18. The molecule has 0 aliphatic carbocycles. The highest BCUT2D eigenvalue weighted by molar-refractivity contribution is 5.72. The van der Waals surface area contributed by atoms with Crippen LogP contribution in [0, 0.1) is 30.3 Å². The molecule has 1 unspecified atom stereocenters. The highest BCUT2D eigenvalue weighted by Crippen LogP contribution is 2.25. The van der Waals surface area contributed by atoms with Crippen LogP contribution in [-0.2, 0) is 4.84 Å². The van der Waals surface area contributed by atoms with Gasteiger partial charge in [-0.25, -0.2) is 0 Å². The summed E-state index contributed by atoms with van der Waals surface area (Å²) >= 11 is 0. The predicted molar refractivity (Wildman–Crippen MR) is 51.1 cm³/mol. The molecule has 0 fully saturated rings. The molecule has 100 valence electrons. The standard InChI is InChI=1S/C4H7N7O7/c5-2-7-3(6,8-18-2)1-4(9(12)13,10(14)15)11(16)17/h8H,1,6H2,(H2,5,7). The molecular weight excluding hydrogens is 258 g/mol. The Labute approximate surface area is 97.0 Å². The third kappa shape index (κ3) is 1.96. The van der Waals surface area contributed by atoms with Crippen LogP contribution in [0.3, 0.4) is 0 Å². The fraction of sp³-hybridized carbons (Fsp3) is 0.750. The lowest BCUT2D eigenvalue weighted by Crippen LogP contribution is -2.62. The summed E-state index contributed by atoms with van der Waals surface area (Å²) in [4.78, 5) is 34.5. The van der Waals surface area contributed by atoms with Crippen LogP contribution in [0.5, 0.6) is 0 Å². The van der Waals surface area contributed by atoms with Crippen molar-refractivity contribution in [2.75, 3.05) is 0 Å². The number of nitro groups is 3. The number of hydroxylamine groups is 1. The van der Waals surface area contributed by atoms with Crippen molar-refractivity contribution in [3.63, 3.8) is 0 Å². The molecule has 0 amide bonds. The molecule has 0 radical (unpaired) electrons. The summed E-state index contributed by atoms with van der Waals surface area (Å²) in [6.07, 6.45) is -1.40. The second-order valence-electron chi connectivity index (χ2n) is 3.30. The second kappa shape index (κ2) is 4.00. The zero-order chi connectivity index (χ0) is 14.1. The van der Waals surface area contributed by atoms with E-state index in [4.69, 9.17) is 11.5 Å². The number of rotatable bonds is 5. The van der Waals surface area contributed by atoms with Crippen molar-refractivity contribution in [3.05, 3.63) is 30.3 Å². The van der Waals surface area contributed by atoms with E-state index in [1.165, 1.54) is 0 Å². The summed E-state index contributed by atoms with van der Waals surface area (Å²) in [5, 5.41) is 31.9. The highest BCUT2D eigenvalue weighted by atomic mass is 16.7. The molecular formula is C4H7N7O7. The van der Waals surface area contributed by atoms with E-state index in [0.717, 1.165) is 0 Å². The van der Waals surface area contributed by atoms with Crippen molar-refractivity contribution in [1.82, 2.24) is 5.48 Å². The first-order chi connectivity index (χ1) is 8.14. The van der Waals surface area contributed by atoms with Gasteiger partial charge in [0.05, 0.1) is 0 Å². The average molecular weight is 265 g/mol. The second-order valence-corrected chi connectivity index (χ2v) is 3.30. The van der Waals surface area contributed by atoms with E-state index in [0.29, 0.717) is 0 Å². The van der Waals surface area contributed by atoms with Crippen LogP contribution < -0.4 is 16.9 Å². The SMILES string of the molecule is NC1=NC(N)(CC([N+](=O)[O-])([N+](=O)[O-])[N+](=O)[O-])NO1. The predicted octanol–water partition coefficient (Wildman–Crippen LogP) is -2.68. The van der Waals surface area contributed by atoms with Gasteiger partial charge in [0.2, 0.25) is 12.2 Å². The number of nitrogens with one attached hydrogen (secondary N) is 1. The Morgan fingerprint density at radius 3 is 2.00 bits per heavy atom. The first-order valence-corrected chi connectivity index (χ1v) is 4.16. The number of hydrogen-bond donors (Lipinski definition) is 3. The van der Waals surface area contributed by atoms with Crippen molar-refractivity contribution >= 4 is 6.02 Å². The molecule has 14 nitrogen and oxygen atoms in total. The molecule has 14 heteroatoms. The minimum Gasteiger partial charge on any atom is -0.367 e. The molecule has 0 aromatic rings. The number of nitrogens with two attached hydrogens (primary N) is 2. The Morgan fingerprint density at radius 2 is 1.72 bits per heavy atom. The third-order valence-corrected chi connectivity index (χ3v) is 2.03. The van der Waals surface area contributed by atoms with Gasteiger partial charge in [-0.05, 0) is 0 Å². The number of nitrogens with zero attached hydrogens (tertiary/aromatic N) is 4. The summed E-state index contributed by atoms with van der Waals surface area (Å²) in [5.74, 6) is -5.99. The maximum Gasteiger partial charge on any atom is 0.705 e. The first-order valence-electron chi connectivity index (χ1n) is 4.16. The quantitative estimate of drug-likeness (QED) is 0.265. The Kier molecular flexibility index (Phi) is 2.99. The van der Waals surface area contributed by atoms with E-state index in [2.05, 4.69) is 9.83 Å². The van der Waals surface area contributed by atoms with Crippen LogP contribution in [0.25, 0.3) is 0 Å². The molecule has 18 heavy (non-hydrogen) atoms. The van der Waals surface area contributed by atoms with Crippen LogP contribution in [0.4, 0.5) is 0 Å². The van der Waals surface area contributed by atoms with E-state index >= 15 is 0 Å². The van der Waals surface area contributed by atoms with E-state index in [9.17, 15) is 30.3 Å². The van der Waals surface area contributed by atoms with Crippen molar-refractivity contribution in [2.45, 2.75) is 18.0 Å². The van der Waals surface area contributed by atoms with Crippen molar-refractivity contribution < 1.29 is 19.6 Å². The van der Waals surface area contributed by atoms with Gasteiger partial charge in [-0.3, -0.25) is 36.1 Å². The van der Waals surface area contributed by atoms with Crippen LogP contribution >= 0.6 is 0 Å². The van der Waals surface area contributed by atoms with Gasteiger partial charge < -0.3 is 10.6 Å². The summed E-state index contributed by atoms with van der Waals surface area (Å²) in [6.45, 7) is 0. The third-order valence-electron chi connectivity index (χ3n) is 2.03. The molecule has 0 aromatic heterocycles. The zero-order valence-corrected chi connectivity index (χ0v) is 8.51. The number of aliphatic imine (C=N–C) groups is 1. The monoisotopic (exact) mass is 265 g/mol. The molecule has 1 heterocycles. The maximum absolute atomic E-state index is 10.6. The Morgan fingerprint density at radius 1 is 1.28 bits per heavy atom. The van der Waals surface area contributed by atoms with Crippen molar-refractivity contribution in [3.8, 4) is 0 Å². The normalized spacial score (nSPS) is 23.1. The fourth-order valence-corrected chi connectivity index (χ4v) is 1.21. The highest BCUT2D eigenvalue weighted by Gasteiger charge is 2.74. The smallest absolute Gasteiger partial charge is 0.367 e. The summed E-state index contributed by atoms with van der Waals surface area (Å²) in [6, 6.07) is -0.554. The lowest BCUT2D eigenvalue weighted by atomic mass is 10.1. The van der Waals surface area contributed by atoms with Gasteiger partial charge in [0.25, 0.3) is 0 Å². The zero-order valence-electron chi connectivity index (χ0n) is 8.51. The van der Waals surface area contributed by atoms with E-state index in [1.807, 2.05) is 5.48 Å². The molecule has 5 N–H and O–H groups in total. The van der Waals surface area contributed by atoms with Crippen molar-refractivity contribution in [1.29, 1.82) is 0 Å². The van der Waals surface area contributed by atoms with Crippen LogP contribution in [-0.4, -0.2) is 32.4 Å². The average Bonchev–Trinajstić information content (AvgIpc) is 2.54. The maximum atomic E-state index is 10.6. The van der Waals surface area contributed by atoms with Crippen LogP contribution in [0.2, 0.25) is 0 Å². The molecule has 0 spiro atoms. The van der Waals surface area contributed by atoms with Crippen LogP contribution in [0.1, 0.15) is 6.42 Å². The summed E-state index contributed by atoms with van der Waals surface area (Å²) in [7, 11) is 0. The largest absolute Gasteiger partial charge is 0.705 e. The van der Waals surface area contributed by atoms with Gasteiger partial charge >= 0.3 is 11.8 Å². The van der Waals surface area contributed by atoms with Gasteiger partial charge in [-0.1, -0.05) is 0 Å². The fourth-order valence-electron chi connectivity index (χ4n) is 1.21. The van der Waals surface area contributed by atoms with E-state index < -0.39 is 38.8 Å².